The first-order valence-corrected chi connectivity index (χ1v) is 5.69. The molecular weight excluding hydrogens is 266 g/mol. The summed E-state index contributed by atoms with van der Waals surface area (Å²) in [5.74, 6) is 0.777. The molecule has 3 N–H and O–H groups in total. The molecule has 0 unspecified atom stereocenters. The quantitative estimate of drug-likeness (QED) is 0.884. The lowest BCUT2D eigenvalue weighted by molar-refractivity contribution is 1.30. The first-order chi connectivity index (χ1) is 7.65. The Morgan fingerprint density at radius 1 is 1.25 bits per heavy atom. The summed E-state index contributed by atoms with van der Waals surface area (Å²) in [5, 5.41) is 3.21. The van der Waals surface area contributed by atoms with Crippen LogP contribution < -0.4 is 11.1 Å². The molecule has 0 aliphatic carbocycles. The van der Waals surface area contributed by atoms with Gasteiger partial charge >= 0.3 is 0 Å². The highest BCUT2D eigenvalue weighted by atomic mass is 79.9. The molecule has 0 saturated heterocycles. The number of benzene rings is 1. The highest BCUT2D eigenvalue weighted by Gasteiger charge is 2.00. The number of aromatic nitrogens is 1. The predicted molar refractivity (Wildman–Crippen MR) is 70.8 cm³/mol. The van der Waals surface area contributed by atoms with Crippen LogP contribution in [0, 0.1) is 6.92 Å². The molecule has 0 radical (unpaired) electrons. The SMILES string of the molecule is Cc1ccc(Nc2ccc(N)cn2)c(Br)c1. The first-order valence-electron chi connectivity index (χ1n) is 4.90. The van der Waals surface area contributed by atoms with Crippen molar-refractivity contribution in [3.05, 3.63) is 46.6 Å². The van der Waals surface area contributed by atoms with Crippen molar-refractivity contribution < 1.29 is 0 Å². The topological polar surface area (TPSA) is 50.9 Å². The Balaban J connectivity index is 2.23. The van der Waals surface area contributed by atoms with Crippen molar-refractivity contribution in [2.24, 2.45) is 0 Å². The Bertz CT molecular complexity index is 494. The molecular formula is C12H12BrN3. The fraction of sp³-hybridized carbons (Fsp3) is 0.0833. The molecule has 2 aromatic rings. The lowest BCUT2D eigenvalue weighted by Crippen LogP contribution is -1.95. The van der Waals surface area contributed by atoms with Crippen LogP contribution in [-0.4, -0.2) is 4.98 Å². The van der Waals surface area contributed by atoms with E-state index in [2.05, 4.69) is 39.2 Å². The van der Waals surface area contributed by atoms with Crippen LogP contribution in [0.5, 0.6) is 0 Å². The summed E-state index contributed by atoms with van der Waals surface area (Å²) in [5.41, 5.74) is 8.43. The molecule has 0 spiro atoms. The largest absolute Gasteiger partial charge is 0.397 e. The van der Waals surface area contributed by atoms with E-state index in [1.165, 1.54) is 5.56 Å². The zero-order valence-corrected chi connectivity index (χ0v) is 10.5. The Labute approximate surface area is 103 Å². The smallest absolute Gasteiger partial charge is 0.130 e. The van der Waals surface area contributed by atoms with Crippen molar-refractivity contribution in [3.8, 4) is 0 Å². The number of hydrogen-bond acceptors (Lipinski definition) is 3. The van der Waals surface area contributed by atoms with Gasteiger partial charge in [0.2, 0.25) is 0 Å². The number of nitrogens with two attached hydrogens (primary N) is 1. The van der Waals surface area contributed by atoms with Gasteiger partial charge in [-0.2, -0.15) is 0 Å². The number of anilines is 3. The van der Waals surface area contributed by atoms with Gasteiger partial charge in [-0.25, -0.2) is 4.98 Å². The second-order valence-electron chi connectivity index (χ2n) is 3.59. The average molecular weight is 278 g/mol. The van der Waals surface area contributed by atoms with Gasteiger partial charge in [0.15, 0.2) is 0 Å². The predicted octanol–water partition coefficient (Wildman–Crippen LogP) is 3.48. The number of hydrogen-bond donors (Lipinski definition) is 2. The minimum atomic E-state index is 0.661. The molecule has 0 bridgehead atoms. The fourth-order valence-corrected chi connectivity index (χ4v) is 1.93. The second kappa shape index (κ2) is 4.53. The summed E-state index contributed by atoms with van der Waals surface area (Å²) < 4.78 is 1.02. The molecule has 16 heavy (non-hydrogen) atoms. The van der Waals surface area contributed by atoms with Gasteiger partial charge < -0.3 is 11.1 Å². The highest BCUT2D eigenvalue weighted by molar-refractivity contribution is 9.10. The summed E-state index contributed by atoms with van der Waals surface area (Å²) in [6.45, 7) is 2.05. The van der Waals surface area contributed by atoms with Gasteiger partial charge in [-0.1, -0.05) is 6.07 Å². The summed E-state index contributed by atoms with van der Waals surface area (Å²) >= 11 is 3.50. The van der Waals surface area contributed by atoms with Gasteiger partial charge in [-0.3, -0.25) is 0 Å². The van der Waals surface area contributed by atoms with Gasteiger partial charge in [0.25, 0.3) is 0 Å². The Kier molecular flexibility index (Phi) is 3.10. The van der Waals surface area contributed by atoms with Crippen molar-refractivity contribution >= 4 is 33.1 Å². The third-order valence-electron chi connectivity index (χ3n) is 2.17. The molecule has 0 amide bonds. The number of pyridine rings is 1. The van der Waals surface area contributed by atoms with Crippen LogP contribution >= 0.6 is 15.9 Å². The van der Waals surface area contributed by atoms with Crippen LogP contribution in [0.4, 0.5) is 17.2 Å². The third-order valence-corrected chi connectivity index (χ3v) is 2.83. The van der Waals surface area contributed by atoms with Crippen molar-refractivity contribution in [2.45, 2.75) is 6.92 Å². The van der Waals surface area contributed by atoms with Crippen LogP contribution in [0.2, 0.25) is 0 Å². The van der Waals surface area contributed by atoms with Crippen molar-refractivity contribution in [2.75, 3.05) is 11.1 Å². The lowest BCUT2D eigenvalue weighted by Gasteiger charge is -2.08. The monoisotopic (exact) mass is 277 g/mol. The van der Waals surface area contributed by atoms with Gasteiger partial charge in [-0.05, 0) is 52.7 Å². The highest BCUT2D eigenvalue weighted by Crippen LogP contribution is 2.26. The molecule has 0 atom stereocenters. The van der Waals surface area contributed by atoms with Crippen molar-refractivity contribution in [1.82, 2.24) is 4.98 Å². The molecule has 3 nitrogen and oxygen atoms in total. The van der Waals surface area contributed by atoms with E-state index >= 15 is 0 Å². The molecule has 0 saturated carbocycles. The number of nitrogen functional groups attached to an aromatic ring is 1. The molecule has 1 aromatic carbocycles. The van der Waals surface area contributed by atoms with Crippen LogP contribution in [-0.2, 0) is 0 Å². The maximum absolute atomic E-state index is 5.57. The lowest BCUT2D eigenvalue weighted by atomic mass is 10.2. The molecule has 1 heterocycles. The van der Waals surface area contributed by atoms with E-state index in [0.717, 1.165) is 16.0 Å². The normalized spacial score (nSPS) is 10.1. The Hall–Kier alpha value is -1.55. The number of nitrogens with zero attached hydrogens (tertiary/aromatic N) is 1. The van der Waals surface area contributed by atoms with Crippen LogP contribution in [0.15, 0.2) is 41.0 Å². The molecule has 2 rings (SSSR count). The van der Waals surface area contributed by atoms with Crippen LogP contribution in [0.3, 0.4) is 0 Å². The molecule has 82 valence electrons. The Morgan fingerprint density at radius 3 is 2.69 bits per heavy atom. The average Bonchev–Trinajstić information content (AvgIpc) is 2.25. The van der Waals surface area contributed by atoms with Crippen LogP contribution in [0.1, 0.15) is 5.56 Å². The zero-order chi connectivity index (χ0) is 11.5. The second-order valence-corrected chi connectivity index (χ2v) is 4.44. The molecule has 4 heteroatoms. The van der Waals surface area contributed by atoms with Gasteiger partial charge in [-0.15, -0.1) is 0 Å². The van der Waals surface area contributed by atoms with Crippen molar-refractivity contribution in [3.63, 3.8) is 0 Å². The zero-order valence-electron chi connectivity index (χ0n) is 8.87. The maximum atomic E-state index is 5.57. The number of halogens is 1. The number of aryl methyl sites for hydroxylation is 1. The number of nitrogens with one attached hydrogen (secondary N) is 1. The first kappa shape index (κ1) is 11.0. The summed E-state index contributed by atoms with van der Waals surface area (Å²) in [6.07, 6.45) is 1.63. The molecule has 0 aliphatic rings. The van der Waals surface area contributed by atoms with E-state index < -0.39 is 0 Å². The maximum Gasteiger partial charge on any atom is 0.130 e. The third kappa shape index (κ3) is 2.52. The van der Waals surface area contributed by atoms with Gasteiger partial charge in [0.1, 0.15) is 5.82 Å². The molecule has 1 aromatic heterocycles. The minimum absolute atomic E-state index is 0.661. The van der Waals surface area contributed by atoms with Crippen LogP contribution in [0.25, 0.3) is 0 Å². The van der Waals surface area contributed by atoms with E-state index in [-0.39, 0.29) is 0 Å². The van der Waals surface area contributed by atoms with E-state index in [1.54, 1.807) is 6.20 Å². The standard InChI is InChI=1S/C12H12BrN3/c1-8-2-4-11(10(13)6-8)16-12-5-3-9(14)7-15-12/h2-7H,14H2,1H3,(H,15,16). The van der Waals surface area contributed by atoms with E-state index in [9.17, 15) is 0 Å². The molecule has 0 fully saturated rings. The van der Waals surface area contributed by atoms with Gasteiger partial charge in [0.05, 0.1) is 17.6 Å². The summed E-state index contributed by atoms with van der Waals surface area (Å²) in [4.78, 5) is 4.18. The van der Waals surface area contributed by atoms with E-state index in [0.29, 0.717) is 5.69 Å². The summed E-state index contributed by atoms with van der Waals surface area (Å²) in [6, 6.07) is 9.78. The number of rotatable bonds is 2. The van der Waals surface area contributed by atoms with E-state index in [1.807, 2.05) is 24.3 Å². The van der Waals surface area contributed by atoms with E-state index in [4.69, 9.17) is 5.73 Å². The molecule has 0 aliphatic heterocycles. The Morgan fingerprint density at radius 2 is 2.06 bits per heavy atom. The minimum Gasteiger partial charge on any atom is -0.397 e. The van der Waals surface area contributed by atoms with Crippen molar-refractivity contribution in [1.29, 1.82) is 0 Å². The fourth-order valence-electron chi connectivity index (χ4n) is 1.34. The summed E-state index contributed by atoms with van der Waals surface area (Å²) in [7, 11) is 0. The van der Waals surface area contributed by atoms with Gasteiger partial charge in [0, 0.05) is 4.47 Å².